The van der Waals surface area contributed by atoms with Crippen LogP contribution in [-0.4, -0.2) is 28.9 Å². The summed E-state index contributed by atoms with van der Waals surface area (Å²) >= 11 is 6.19. The molecule has 1 aromatic carbocycles. The van der Waals surface area contributed by atoms with Crippen LogP contribution >= 0.6 is 11.6 Å². The van der Waals surface area contributed by atoms with Gasteiger partial charge in [0.15, 0.2) is 0 Å². The Labute approximate surface area is 129 Å². The maximum atomic E-state index is 12.6. The summed E-state index contributed by atoms with van der Waals surface area (Å²) in [4.78, 5) is 18.7. The molecule has 0 N–H and O–H groups in total. The van der Waals surface area contributed by atoms with Crippen molar-refractivity contribution >= 4 is 17.5 Å². The van der Waals surface area contributed by atoms with Gasteiger partial charge in [0.2, 0.25) is 0 Å². The number of nitrogens with zero attached hydrogens (tertiary/aromatic N) is 2. The fourth-order valence-electron chi connectivity index (χ4n) is 2.73. The molecule has 0 saturated carbocycles. The number of carbonyl (C=O) groups excluding carboxylic acids is 1. The molecule has 1 aliphatic rings. The second kappa shape index (κ2) is 5.86. The first kappa shape index (κ1) is 14.1. The first-order valence-corrected chi connectivity index (χ1v) is 7.51. The summed E-state index contributed by atoms with van der Waals surface area (Å²) < 4.78 is 0. The van der Waals surface area contributed by atoms with Crippen molar-refractivity contribution in [3.05, 3.63) is 63.9 Å². The second-order valence-corrected chi connectivity index (χ2v) is 5.77. The minimum Gasteiger partial charge on any atom is -0.338 e. The molecule has 0 saturated heterocycles. The van der Waals surface area contributed by atoms with Crippen LogP contribution in [0.3, 0.4) is 0 Å². The average Bonchev–Trinajstić information content (AvgIpc) is 2.69. The van der Waals surface area contributed by atoms with Crippen LogP contribution < -0.4 is 0 Å². The molecule has 0 spiro atoms. The van der Waals surface area contributed by atoms with Crippen LogP contribution in [0.2, 0.25) is 5.02 Å². The van der Waals surface area contributed by atoms with Crippen molar-refractivity contribution in [1.29, 1.82) is 0 Å². The summed E-state index contributed by atoms with van der Waals surface area (Å²) in [6.45, 7) is 3.31. The molecule has 21 heavy (non-hydrogen) atoms. The minimum absolute atomic E-state index is 0.0275. The van der Waals surface area contributed by atoms with Crippen molar-refractivity contribution in [2.75, 3.05) is 13.1 Å². The lowest BCUT2D eigenvalue weighted by molar-refractivity contribution is 0.0763. The van der Waals surface area contributed by atoms with E-state index in [1.807, 2.05) is 11.8 Å². The number of benzene rings is 1. The zero-order chi connectivity index (χ0) is 14.8. The highest BCUT2D eigenvalue weighted by Gasteiger charge is 2.21. The van der Waals surface area contributed by atoms with Gasteiger partial charge in [-0.1, -0.05) is 35.9 Å². The SMILES string of the molecule is Cc1cc(Cl)c(C(=O)N2CCc3ccccc3CC2)cn1. The van der Waals surface area contributed by atoms with Gasteiger partial charge in [0, 0.05) is 25.0 Å². The molecular formula is C17H17ClN2O. The van der Waals surface area contributed by atoms with Crippen molar-refractivity contribution in [2.24, 2.45) is 0 Å². The maximum absolute atomic E-state index is 12.6. The number of amides is 1. The lowest BCUT2D eigenvalue weighted by atomic mass is 10.0. The summed E-state index contributed by atoms with van der Waals surface area (Å²) in [5.74, 6) is -0.0275. The number of aromatic nitrogens is 1. The number of aryl methyl sites for hydroxylation is 1. The topological polar surface area (TPSA) is 33.2 Å². The van der Waals surface area contributed by atoms with E-state index in [-0.39, 0.29) is 5.91 Å². The van der Waals surface area contributed by atoms with Gasteiger partial charge in [0.1, 0.15) is 0 Å². The molecule has 108 valence electrons. The molecule has 1 amide bonds. The molecule has 1 aromatic heterocycles. The van der Waals surface area contributed by atoms with Crippen LogP contribution in [0.5, 0.6) is 0 Å². The number of pyridine rings is 1. The Kier molecular flexibility index (Phi) is 3.93. The van der Waals surface area contributed by atoms with Crippen LogP contribution in [0.4, 0.5) is 0 Å². The molecule has 0 radical (unpaired) electrons. The van der Waals surface area contributed by atoms with Crippen molar-refractivity contribution in [1.82, 2.24) is 9.88 Å². The quantitative estimate of drug-likeness (QED) is 0.810. The molecule has 0 fully saturated rings. The average molecular weight is 301 g/mol. The minimum atomic E-state index is -0.0275. The van der Waals surface area contributed by atoms with Gasteiger partial charge in [-0.3, -0.25) is 9.78 Å². The van der Waals surface area contributed by atoms with E-state index in [2.05, 4.69) is 29.2 Å². The van der Waals surface area contributed by atoms with Crippen LogP contribution in [-0.2, 0) is 12.8 Å². The fraction of sp³-hybridized carbons (Fsp3) is 0.294. The van der Waals surface area contributed by atoms with Crippen LogP contribution in [0, 0.1) is 6.92 Å². The standard InChI is InChI=1S/C17H17ClN2O/c1-12-10-16(18)15(11-19-12)17(21)20-8-6-13-4-2-3-5-14(13)7-9-20/h2-5,10-11H,6-9H2,1H3. The first-order valence-electron chi connectivity index (χ1n) is 7.13. The summed E-state index contributed by atoms with van der Waals surface area (Å²) in [6.07, 6.45) is 3.36. The molecule has 4 heteroatoms. The van der Waals surface area contributed by atoms with Gasteiger partial charge < -0.3 is 4.90 Å². The number of rotatable bonds is 1. The molecule has 2 heterocycles. The molecule has 0 atom stereocenters. The summed E-state index contributed by atoms with van der Waals surface area (Å²) in [5, 5.41) is 0.481. The molecule has 3 nitrogen and oxygen atoms in total. The van der Waals surface area contributed by atoms with Gasteiger partial charge in [-0.25, -0.2) is 0 Å². The first-order chi connectivity index (χ1) is 10.1. The van der Waals surface area contributed by atoms with Gasteiger partial charge in [0.25, 0.3) is 5.91 Å². The number of hydrogen-bond acceptors (Lipinski definition) is 2. The monoisotopic (exact) mass is 300 g/mol. The lowest BCUT2D eigenvalue weighted by Gasteiger charge is -2.20. The molecule has 2 aromatic rings. The molecular weight excluding hydrogens is 284 g/mol. The van der Waals surface area contributed by atoms with E-state index in [1.54, 1.807) is 12.3 Å². The van der Waals surface area contributed by atoms with Crippen molar-refractivity contribution < 1.29 is 4.79 Å². The Morgan fingerprint density at radius 2 is 1.81 bits per heavy atom. The largest absolute Gasteiger partial charge is 0.338 e. The predicted octanol–water partition coefficient (Wildman–Crippen LogP) is 3.28. The Hall–Kier alpha value is -1.87. The molecule has 1 aliphatic heterocycles. The zero-order valence-electron chi connectivity index (χ0n) is 12.0. The van der Waals surface area contributed by atoms with Crippen LogP contribution in [0.15, 0.2) is 36.5 Å². The Morgan fingerprint density at radius 3 is 2.38 bits per heavy atom. The van der Waals surface area contributed by atoms with E-state index in [0.717, 1.165) is 31.6 Å². The van der Waals surface area contributed by atoms with E-state index in [1.165, 1.54) is 11.1 Å². The Morgan fingerprint density at radius 1 is 1.19 bits per heavy atom. The van der Waals surface area contributed by atoms with Gasteiger partial charge in [-0.2, -0.15) is 0 Å². The van der Waals surface area contributed by atoms with E-state index in [4.69, 9.17) is 11.6 Å². The molecule has 0 aliphatic carbocycles. The second-order valence-electron chi connectivity index (χ2n) is 5.37. The fourth-order valence-corrected chi connectivity index (χ4v) is 3.01. The van der Waals surface area contributed by atoms with Crippen molar-refractivity contribution in [3.63, 3.8) is 0 Å². The molecule has 0 unspecified atom stereocenters. The summed E-state index contributed by atoms with van der Waals surface area (Å²) in [6, 6.07) is 10.1. The van der Waals surface area contributed by atoms with Gasteiger partial charge in [-0.15, -0.1) is 0 Å². The molecule has 3 rings (SSSR count). The normalized spacial score (nSPS) is 14.5. The van der Waals surface area contributed by atoms with Gasteiger partial charge in [-0.05, 0) is 37.0 Å². The number of fused-ring (bicyclic) bond motifs is 1. The highest BCUT2D eigenvalue weighted by molar-refractivity contribution is 6.33. The zero-order valence-corrected chi connectivity index (χ0v) is 12.7. The van der Waals surface area contributed by atoms with E-state index < -0.39 is 0 Å². The van der Waals surface area contributed by atoms with Gasteiger partial charge in [0.05, 0.1) is 10.6 Å². The lowest BCUT2D eigenvalue weighted by Crippen LogP contribution is -2.33. The van der Waals surface area contributed by atoms with Crippen LogP contribution in [0.25, 0.3) is 0 Å². The van der Waals surface area contributed by atoms with E-state index in [0.29, 0.717) is 10.6 Å². The van der Waals surface area contributed by atoms with Gasteiger partial charge >= 0.3 is 0 Å². The number of hydrogen-bond donors (Lipinski definition) is 0. The highest BCUT2D eigenvalue weighted by Crippen LogP contribution is 2.21. The Balaban J connectivity index is 1.81. The maximum Gasteiger partial charge on any atom is 0.256 e. The Bertz CT molecular complexity index is 657. The van der Waals surface area contributed by atoms with Crippen LogP contribution in [0.1, 0.15) is 27.2 Å². The highest BCUT2D eigenvalue weighted by atomic mass is 35.5. The summed E-state index contributed by atoms with van der Waals surface area (Å²) in [7, 11) is 0. The van der Waals surface area contributed by atoms with Crippen molar-refractivity contribution in [3.8, 4) is 0 Å². The van der Waals surface area contributed by atoms with E-state index in [9.17, 15) is 4.79 Å². The number of halogens is 1. The third-order valence-electron chi connectivity index (χ3n) is 3.93. The third-order valence-corrected chi connectivity index (χ3v) is 4.24. The summed E-state index contributed by atoms with van der Waals surface area (Å²) in [5.41, 5.74) is 3.98. The number of carbonyl (C=O) groups is 1. The molecule has 0 bridgehead atoms. The predicted molar refractivity (Wildman–Crippen MR) is 83.7 cm³/mol. The smallest absolute Gasteiger partial charge is 0.256 e. The third kappa shape index (κ3) is 2.93. The van der Waals surface area contributed by atoms with E-state index >= 15 is 0 Å². The van der Waals surface area contributed by atoms with Crippen molar-refractivity contribution in [2.45, 2.75) is 19.8 Å².